The zero-order valence-corrected chi connectivity index (χ0v) is 15.8. The van der Waals surface area contributed by atoms with Gasteiger partial charge < -0.3 is 9.51 Å². The third-order valence-corrected chi connectivity index (χ3v) is 5.09. The van der Waals surface area contributed by atoms with Crippen LogP contribution in [0.3, 0.4) is 0 Å². The first-order chi connectivity index (χ1) is 13.2. The van der Waals surface area contributed by atoms with Crippen molar-refractivity contribution in [1.29, 1.82) is 0 Å². The molecule has 0 saturated carbocycles. The fourth-order valence-corrected chi connectivity index (χ4v) is 3.64. The van der Waals surface area contributed by atoms with E-state index in [0.717, 1.165) is 65.5 Å². The quantitative estimate of drug-likeness (QED) is 0.752. The molecule has 1 aromatic carbocycles. The van der Waals surface area contributed by atoms with E-state index >= 15 is 0 Å². The van der Waals surface area contributed by atoms with E-state index in [1.54, 1.807) is 0 Å². The number of hydrogen-bond acceptors (Lipinski definition) is 5. The van der Waals surface area contributed by atoms with Crippen molar-refractivity contribution in [2.24, 2.45) is 0 Å². The van der Waals surface area contributed by atoms with Gasteiger partial charge >= 0.3 is 0 Å². The van der Waals surface area contributed by atoms with Gasteiger partial charge in [0.1, 0.15) is 5.82 Å². The molecule has 0 aliphatic carbocycles. The Morgan fingerprint density at radius 2 is 2.07 bits per heavy atom. The number of aromatic amines is 1. The Morgan fingerprint density at radius 3 is 2.85 bits per heavy atom. The van der Waals surface area contributed by atoms with Crippen LogP contribution in [-0.2, 0) is 25.9 Å². The van der Waals surface area contributed by atoms with Crippen molar-refractivity contribution in [3.63, 3.8) is 0 Å². The van der Waals surface area contributed by atoms with Gasteiger partial charge in [-0.05, 0) is 13.3 Å². The molecule has 0 unspecified atom stereocenters. The summed E-state index contributed by atoms with van der Waals surface area (Å²) in [6.07, 6.45) is 2.58. The van der Waals surface area contributed by atoms with Crippen LogP contribution >= 0.6 is 0 Å². The summed E-state index contributed by atoms with van der Waals surface area (Å²) in [5.41, 5.74) is 4.73. The molecule has 27 heavy (non-hydrogen) atoms. The fraction of sp³-hybridized carbons (Fsp3) is 0.381. The van der Waals surface area contributed by atoms with Gasteiger partial charge in [-0.15, -0.1) is 0 Å². The average Bonchev–Trinajstić information content (AvgIpc) is 3.04. The van der Waals surface area contributed by atoms with E-state index < -0.39 is 0 Å². The minimum absolute atomic E-state index is 0.00141. The Balaban J connectivity index is 1.58. The van der Waals surface area contributed by atoms with E-state index in [2.05, 4.69) is 26.9 Å². The molecule has 0 spiro atoms. The van der Waals surface area contributed by atoms with Crippen molar-refractivity contribution < 1.29 is 4.52 Å². The number of H-pyrrole nitrogens is 1. The highest BCUT2D eigenvalue weighted by Gasteiger charge is 2.24. The Hall–Kier alpha value is -2.73. The summed E-state index contributed by atoms with van der Waals surface area (Å²) in [7, 11) is 0. The minimum Gasteiger partial charge on any atom is -0.356 e. The van der Waals surface area contributed by atoms with Gasteiger partial charge in [0.05, 0.1) is 17.0 Å². The first-order valence-electron chi connectivity index (χ1n) is 9.49. The number of aromatic nitrogens is 3. The second-order valence-corrected chi connectivity index (χ2v) is 7.09. The van der Waals surface area contributed by atoms with E-state index in [4.69, 9.17) is 4.52 Å². The summed E-state index contributed by atoms with van der Waals surface area (Å²) >= 11 is 0. The highest BCUT2D eigenvalue weighted by Crippen LogP contribution is 2.28. The van der Waals surface area contributed by atoms with Crippen molar-refractivity contribution >= 4 is 0 Å². The molecule has 0 bridgehead atoms. The van der Waals surface area contributed by atoms with Gasteiger partial charge in [-0.25, -0.2) is 4.98 Å². The number of fused-ring (bicyclic) bond motifs is 1. The molecule has 4 rings (SSSR count). The van der Waals surface area contributed by atoms with Crippen LogP contribution in [0.15, 0.2) is 39.6 Å². The van der Waals surface area contributed by atoms with Crippen molar-refractivity contribution in [2.75, 3.05) is 6.54 Å². The van der Waals surface area contributed by atoms with Crippen LogP contribution in [0, 0.1) is 6.92 Å². The van der Waals surface area contributed by atoms with E-state index in [1.807, 2.05) is 37.3 Å². The number of aryl methyl sites for hydroxylation is 2. The van der Waals surface area contributed by atoms with Gasteiger partial charge in [0.25, 0.3) is 5.56 Å². The zero-order valence-electron chi connectivity index (χ0n) is 15.8. The van der Waals surface area contributed by atoms with Crippen molar-refractivity contribution in [3.8, 4) is 11.3 Å². The summed E-state index contributed by atoms with van der Waals surface area (Å²) in [6, 6.07) is 10.0. The summed E-state index contributed by atoms with van der Waals surface area (Å²) in [6.45, 7) is 6.23. The lowest BCUT2D eigenvalue weighted by Crippen LogP contribution is -2.36. The maximum Gasteiger partial charge on any atom is 0.255 e. The fourth-order valence-electron chi connectivity index (χ4n) is 3.64. The largest absolute Gasteiger partial charge is 0.356 e. The number of rotatable bonds is 5. The number of nitrogens with zero attached hydrogens (tertiary/aromatic N) is 3. The molecule has 1 aliphatic rings. The second kappa shape index (κ2) is 7.48. The monoisotopic (exact) mass is 364 g/mol. The third kappa shape index (κ3) is 3.57. The van der Waals surface area contributed by atoms with E-state index in [9.17, 15) is 4.79 Å². The topological polar surface area (TPSA) is 75.0 Å². The molecule has 1 aliphatic heterocycles. The molecule has 0 radical (unpaired) electrons. The Morgan fingerprint density at radius 1 is 1.26 bits per heavy atom. The SMILES string of the molecule is CCCc1nc2c(c(=O)[nH]1)CN(Cc1c(C)noc1-c1ccccc1)CC2. The maximum atomic E-state index is 12.5. The highest BCUT2D eigenvalue weighted by atomic mass is 16.5. The summed E-state index contributed by atoms with van der Waals surface area (Å²) in [4.78, 5) is 22.4. The minimum atomic E-state index is -0.00141. The lowest BCUT2D eigenvalue weighted by molar-refractivity contribution is 0.241. The molecule has 6 nitrogen and oxygen atoms in total. The van der Waals surface area contributed by atoms with Gasteiger partial charge in [-0.1, -0.05) is 42.4 Å². The molecule has 0 amide bonds. The molecule has 6 heteroatoms. The van der Waals surface area contributed by atoms with E-state index in [1.165, 1.54) is 0 Å². The van der Waals surface area contributed by atoms with Crippen molar-refractivity contribution in [2.45, 2.75) is 46.2 Å². The number of hydrogen-bond donors (Lipinski definition) is 1. The molecule has 3 heterocycles. The highest BCUT2D eigenvalue weighted by molar-refractivity contribution is 5.61. The van der Waals surface area contributed by atoms with Crippen molar-refractivity contribution in [3.05, 3.63) is 69.0 Å². The summed E-state index contributed by atoms with van der Waals surface area (Å²) in [5, 5.41) is 4.17. The van der Waals surface area contributed by atoms with Crippen LogP contribution < -0.4 is 5.56 Å². The molecular weight excluding hydrogens is 340 g/mol. The van der Waals surface area contributed by atoms with Crippen LogP contribution in [0.2, 0.25) is 0 Å². The zero-order chi connectivity index (χ0) is 18.8. The lowest BCUT2D eigenvalue weighted by Gasteiger charge is -2.27. The van der Waals surface area contributed by atoms with Gasteiger partial charge in [0, 0.05) is 43.6 Å². The Labute approximate surface area is 158 Å². The molecule has 0 saturated heterocycles. The molecule has 0 atom stereocenters. The molecule has 3 aromatic rings. The molecule has 2 aromatic heterocycles. The van der Waals surface area contributed by atoms with Crippen LogP contribution in [0.5, 0.6) is 0 Å². The van der Waals surface area contributed by atoms with Crippen molar-refractivity contribution in [1.82, 2.24) is 20.0 Å². The maximum absolute atomic E-state index is 12.5. The summed E-state index contributed by atoms with van der Waals surface area (Å²) in [5.74, 6) is 1.61. The van der Waals surface area contributed by atoms with E-state index in [-0.39, 0.29) is 5.56 Å². The number of benzene rings is 1. The second-order valence-electron chi connectivity index (χ2n) is 7.09. The van der Waals surface area contributed by atoms with Gasteiger partial charge in [-0.3, -0.25) is 9.69 Å². The van der Waals surface area contributed by atoms with Gasteiger partial charge in [0.15, 0.2) is 5.76 Å². The van der Waals surface area contributed by atoms with Crippen LogP contribution in [0.1, 0.15) is 41.7 Å². The van der Waals surface area contributed by atoms with Crippen LogP contribution in [0.4, 0.5) is 0 Å². The molecular formula is C21H24N4O2. The molecule has 140 valence electrons. The predicted molar refractivity (Wildman–Crippen MR) is 103 cm³/mol. The first kappa shape index (κ1) is 17.7. The normalized spacial score (nSPS) is 14.3. The molecule has 1 N–H and O–H groups in total. The van der Waals surface area contributed by atoms with Crippen LogP contribution in [0.25, 0.3) is 11.3 Å². The predicted octanol–water partition coefficient (Wildman–Crippen LogP) is 3.24. The molecule has 0 fully saturated rings. The Kier molecular flexibility index (Phi) is 4.90. The lowest BCUT2D eigenvalue weighted by atomic mass is 10.0. The number of nitrogens with one attached hydrogen (secondary N) is 1. The third-order valence-electron chi connectivity index (χ3n) is 5.09. The van der Waals surface area contributed by atoms with E-state index in [0.29, 0.717) is 13.1 Å². The Bertz CT molecular complexity index is 991. The first-order valence-corrected chi connectivity index (χ1v) is 9.49. The van der Waals surface area contributed by atoms with Crippen LogP contribution in [-0.4, -0.2) is 26.6 Å². The van der Waals surface area contributed by atoms with Gasteiger partial charge in [0.2, 0.25) is 0 Å². The standard InChI is InChI=1S/C21H24N4O2/c1-3-7-19-22-18-10-11-25(13-17(18)21(26)23-19)12-16-14(2)24-27-20(16)15-8-5-4-6-9-15/h4-6,8-9H,3,7,10-13H2,1-2H3,(H,22,23,26). The average molecular weight is 364 g/mol. The van der Waals surface area contributed by atoms with Gasteiger partial charge in [-0.2, -0.15) is 0 Å². The summed E-state index contributed by atoms with van der Waals surface area (Å²) < 4.78 is 5.60. The smallest absolute Gasteiger partial charge is 0.255 e.